The van der Waals surface area contributed by atoms with Crippen molar-refractivity contribution in [3.63, 3.8) is 0 Å². The number of nitrogens with one attached hydrogen (secondary N) is 3. The van der Waals surface area contributed by atoms with Crippen molar-refractivity contribution >= 4 is 78.8 Å². The summed E-state index contributed by atoms with van der Waals surface area (Å²) in [4.78, 5) is 54.0. The standard InChI is InChI=1S/C33H24N8O11S2.Na/c1-41-23-9-8-20(28-27(23)19(14-26(41)42)17-4-2-3-5-18(17)29(28)43)36-22-13-16(7-11-25(22)54(48,49)50)35-31-38-32(40-33(45)39-31)37-21-12-15(30(44)51-34)6-10-24(21)52-53(46)47;/h2-14,36H,34H2,1H3,(H,46,47)(H,48,49,50)(H3,35,37,38,39,40,45);/q;+1/p-2. The molecular weight excluding hydrogens is 772 g/mol. The molecule has 1 aliphatic rings. The molecule has 6 N–H and O–H groups in total. The fraction of sp³-hybridized carbons (Fsp3) is 0.0303. The van der Waals surface area contributed by atoms with Crippen LogP contribution < -0.4 is 61.1 Å². The van der Waals surface area contributed by atoms with Crippen LogP contribution in [0, 0.1) is 0 Å². The maximum absolute atomic E-state index is 14.0. The number of aromatic nitrogens is 4. The minimum absolute atomic E-state index is 0. The zero-order valence-electron chi connectivity index (χ0n) is 28.2. The van der Waals surface area contributed by atoms with Crippen molar-refractivity contribution in [2.24, 2.45) is 12.9 Å². The number of pyridine rings is 1. The van der Waals surface area contributed by atoms with Crippen molar-refractivity contribution in [2.45, 2.75) is 4.90 Å². The molecule has 0 amide bonds. The molecule has 0 fully saturated rings. The Morgan fingerprint density at radius 1 is 0.873 bits per heavy atom. The Labute approximate surface area is 334 Å². The molecule has 0 saturated carbocycles. The van der Waals surface area contributed by atoms with Crippen LogP contribution in [-0.4, -0.2) is 58.1 Å². The Morgan fingerprint density at radius 2 is 1.58 bits per heavy atom. The van der Waals surface area contributed by atoms with Gasteiger partial charge in [0.05, 0.1) is 38.6 Å². The van der Waals surface area contributed by atoms with Crippen molar-refractivity contribution in [1.82, 2.24) is 19.5 Å². The predicted octanol–water partition coefficient (Wildman–Crippen LogP) is -0.0172. The summed E-state index contributed by atoms with van der Waals surface area (Å²) in [5.41, 5.74) is 1.28. The SMILES string of the molecule is Cn1c(=O)cc2c3c(c(Nc4cc(Nc5nc(O)nc(Nc6cc(C(=O)ON)ccc6OS(=O)[O-])n5)ccc4S(=O)(=O)[O-])ccc31)C(=O)c1ccccc1-2.[Na+]. The number of nitrogens with two attached hydrogens (primary N) is 1. The van der Waals surface area contributed by atoms with Crippen LogP contribution >= 0.6 is 0 Å². The van der Waals surface area contributed by atoms with Crippen LogP contribution in [-0.2, 0) is 33.4 Å². The van der Waals surface area contributed by atoms with Gasteiger partial charge in [0, 0.05) is 29.8 Å². The summed E-state index contributed by atoms with van der Waals surface area (Å²) in [7, 11) is -3.55. The molecule has 22 heteroatoms. The van der Waals surface area contributed by atoms with E-state index >= 15 is 0 Å². The van der Waals surface area contributed by atoms with Gasteiger partial charge >= 0.3 is 41.5 Å². The topological polar surface area (TPSA) is 293 Å². The number of ketones is 1. The predicted molar refractivity (Wildman–Crippen MR) is 189 cm³/mol. The van der Waals surface area contributed by atoms with Gasteiger partial charge in [0.1, 0.15) is 21.5 Å². The number of aryl methyl sites for hydroxylation is 1. The summed E-state index contributed by atoms with van der Waals surface area (Å²) in [6.45, 7) is 0. The molecular formula is C33H22N8NaO11S2-. The minimum atomic E-state index is -5.10. The van der Waals surface area contributed by atoms with E-state index in [1.54, 1.807) is 37.4 Å². The summed E-state index contributed by atoms with van der Waals surface area (Å²) >= 11 is -3.04. The van der Waals surface area contributed by atoms with Crippen molar-refractivity contribution in [1.29, 1.82) is 0 Å². The first-order valence-electron chi connectivity index (χ1n) is 15.2. The molecule has 1 aliphatic carbocycles. The van der Waals surface area contributed by atoms with Crippen LogP contribution in [0.25, 0.3) is 22.0 Å². The maximum Gasteiger partial charge on any atom is 1.00 e. The summed E-state index contributed by atoms with van der Waals surface area (Å²) in [5, 5.41) is 19.0. The molecule has 0 saturated heterocycles. The van der Waals surface area contributed by atoms with Crippen LogP contribution in [0.5, 0.6) is 11.8 Å². The van der Waals surface area contributed by atoms with E-state index in [0.717, 1.165) is 18.2 Å². The van der Waals surface area contributed by atoms with E-state index in [-0.39, 0.29) is 86.6 Å². The Balaban J connectivity index is 0.00000514. The van der Waals surface area contributed by atoms with Crippen LogP contribution in [0.4, 0.5) is 34.6 Å². The zero-order chi connectivity index (χ0) is 38.5. The summed E-state index contributed by atoms with van der Waals surface area (Å²) in [5.74, 6) is 2.53. The van der Waals surface area contributed by atoms with Crippen LogP contribution in [0.3, 0.4) is 0 Å². The quantitative estimate of drug-likeness (QED) is 0.0526. The first kappa shape index (κ1) is 38.9. The van der Waals surface area contributed by atoms with Crippen LogP contribution in [0.15, 0.2) is 88.6 Å². The second kappa shape index (κ2) is 15.2. The van der Waals surface area contributed by atoms with Gasteiger partial charge in [-0.1, -0.05) is 24.3 Å². The third-order valence-corrected chi connectivity index (χ3v) is 9.44. The number of nitrogens with zero attached hydrogens (tertiary/aromatic N) is 4. The number of hydrogen-bond acceptors (Lipinski definition) is 18. The summed E-state index contributed by atoms with van der Waals surface area (Å²) in [6.07, 6.45) is 0. The largest absolute Gasteiger partial charge is 1.00 e. The Bertz CT molecular complexity index is 2780. The molecule has 4 aromatic carbocycles. The monoisotopic (exact) mass is 793 g/mol. The van der Waals surface area contributed by atoms with Gasteiger partial charge in [0.2, 0.25) is 11.9 Å². The average Bonchev–Trinajstić information content (AvgIpc) is 3.12. The van der Waals surface area contributed by atoms with Gasteiger partial charge in [-0.15, -0.1) is 0 Å². The van der Waals surface area contributed by atoms with Crippen molar-refractivity contribution in [3.8, 4) is 22.9 Å². The van der Waals surface area contributed by atoms with E-state index in [2.05, 4.69) is 35.7 Å². The molecule has 2 aromatic heterocycles. The molecule has 0 bridgehead atoms. The van der Waals surface area contributed by atoms with E-state index in [0.29, 0.717) is 27.6 Å². The number of carbonyl (C=O) groups is 2. The second-order valence-corrected chi connectivity index (χ2v) is 13.4. The first-order valence-corrected chi connectivity index (χ1v) is 17.6. The molecule has 0 radical (unpaired) electrons. The fourth-order valence-corrected chi connectivity index (χ4v) is 6.83. The Hall–Kier alpha value is -5.78. The first-order chi connectivity index (χ1) is 25.7. The smallest absolute Gasteiger partial charge is 0.744 e. The minimum Gasteiger partial charge on any atom is -0.744 e. The maximum atomic E-state index is 14.0. The van der Waals surface area contributed by atoms with Gasteiger partial charge in [-0.3, -0.25) is 9.59 Å². The molecule has 19 nitrogen and oxygen atoms in total. The average molecular weight is 794 g/mol. The van der Waals surface area contributed by atoms with E-state index < -0.39 is 44.1 Å². The number of aromatic hydroxyl groups is 1. The number of rotatable bonds is 10. The number of carbonyl (C=O) groups excluding carboxylic acids is 2. The number of hydrogen-bond donors (Lipinski definition) is 5. The molecule has 2 heterocycles. The molecule has 1 atom stereocenters. The molecule has 274 valence electrons. The van der Waals surface area contributed by atoms with E-state index in [1.807, 2.05) is 0 Å². The third kappa shape index (κ3) is 7.63. The molecule has 0 spiro atoms. The van der Waals surface area contributed by atoms with Crippen molar-refractivity contribution < 1.29 is 75.0 Å². The molecule has 0 aliphatic heterocycles. The van der Waals surface area contributed by atoms with Gasteiger partial charge < -0.3 is 43.8 Å². The van der Waals surface area contributed by atoms with Crippen molar-refractivity contribution in [3.05, 3.63) is 106 Å². The molecule has 1 unspecified atom stereocenters. The third-order valence-electron chi connectivity index (χ3n) is 8.23. The summed E-state index contributed by atoms with van der Waals surface area (Å²) in [6, 6.07) is 17.2. The Morgan fingerprint density at radius 3 is 2.27 bits per heavy atom. The van der Waals surface area contributed by atoms with Gasteiger partial charge in [-0.05, 0) is 59.7 Å². The van der Waals surface area contributed by atoms with Crippen LogP contribution in [0.2, 0.25) is 0 Å². The van der Waals surface area contributed by atoms with Gasteiger partial charge in [-0.2, -0.15) is 20.8 Å². The molecule has 6 aromatic rings. The normalized spacial score (nSPS) is 12.3. The van der Waals surface area contributed by atoms with Gasteiger partial charge in [0.25, 0.3) is 5.56 Å². The van der Waals surface area contributed by atoms with E-state index in [1.165, 1.54) is 34.9 Å². The zero-order valence-corrected chi connectivity index (χ0v) is 31.9. The fourth-order valence-electron chi connectivity index (χ4n) is 5.92. The number of fused-ring (bicyclic) bond motifs is 2. The number of benzene rings is 4. The van der Waals surface area contributed by atoms with Crippen molar-refractivity contribution in [2.75, 3.05) is 16.0 Å². The molecule has 7 rings (SSSR count). The van der Waals surface area contributed by atoms with Gasteiger partial charge in [0.15, 0.2) is 11.5 Å². The second-order valence-electron chi connectivity index (χ2n) is 11.4. The molecule has 55 heavy (non-hydrogen) atoms. The van der Waals surface area contributed by atoms with Crippen LogP contribution in [0.1, 0.15) is 26.3 Å². The van der Waals surface area contributed by atoms with Gasteiger partial charge in [-0.25, -0.2) is 17.4 Å². The number of anilines is 6. The van der Waals surface area contributed by atoms with E-state index in [9.17, 15) is 41.2 Å². The van der Waals surface area contributed by atoms with E-state index in [4.69, 9.17) is 10.1 Å². The summed E-state index contributed by atoms with van der Waals surface area (Å²) < 4.78 is 65.9. The Kier molecular flexibility index (Phi) is 10.7.